The van der Waals surface area contributed by atoms with E-state index in [4.69, 9.17) is 11.5 Å². The number of rotatable bonds is 2. The third-order valence-electron chi connectivity index (χ3n) is 2.42. The van der Waals surface area contributed by atoms with Gasteiger partial charge >= 0.3 is 0 Å². The second kappa shape index (κ2) is 4.44. The summed E-state index contributed by atoms with van der Waals surface area (Å²) < 4.78 is 25.8. The predicted molar refractivity (Wildman–Crippen MR) is 65.1 cm³/mol. The van der Waals surface area contributed by atoms with Gasteiger partial charge in [0.2, 0.25) is 0 Å². The molecular formula is C13H10F2N2O. The number of benzene rings is 2. The Morgan fingerprint density at radius 3 is 2.00 bits per heavy atom. The van der Waals surface area contributed by atoms with E-state index in [9.17, 15) is 13.6 Å². The molecule has 0 spiro atoms. The first-order valence-corrected chi connectivity index (χ1v) is 5.13. The third-order valence-corrected chi connectivity index (χ3v) is 2.42. The van der Waals surface area contributed by atoms with Crippen molar-refractivity contribution in [1.29, 1.82) is 0 Å². The molecule has 0 aliphatic rings. The molecule has 0 fully saturated rings. The van der Waals surface area contributed by atoms with Gasteiger partial charge in [0.1, 0.15) is 0 Å². The minimum atomic E-state index is -1.07. The molecule has 92 valence electrons. The average Bonchev–Trinajstić information content (AvgIpc) is 2.30. The number of carbonyl (C=O) groups is 1. The Kier molecular flexibility index (Phi) is 2.97. The van der Waals surface area contributed by atoms with Crippen molar-refractivity contribution in [3.63, 3.8) is 0 Å². The lowest BCUT2D eigenvalue weighted by molar-refractivity contribution is 0.103. The van der Waals surface area contributed by atoms with Crippen molar-refractivity contribution >= 4 is 17.2 Å². The summed E-state index contributed by atoms with van der Waals surface area (Å²) in [6.45, 7) is 0. The van der Waals surface area contributed by atoms with Gasteiger partial charge in [0.05, 0.1) is 0 Å². The van der Waals surface area contributed by atoms with Crippen LogP contribution >= 0.6 is 0 Å². The highest BCUT2D eigenvalue weighted by Gasteiger charge is 2.12. The molecule has 5 heteroatoms. The van der Waals surface area contributed by atoms with Crippen LogP contribution in [0.4, 0.5) is 20.2 Å². The first-order valence-electron chi connectivity index (χ1n) is 5.13. The number of nitrogen functional groups attached to an aromatic ring is 2. The maximum absolute atomic E-state index is 13.0. The first kappa shape index (κ1) is 12.0. The number of hydrogen-bond acceptors (Lipinski definition) is 3. The van der Waals surface area contributed by atoms with Crippen LogP contribution in [-0.2, 0) is 0 Å². The number of ketones is 1. The molecule has 4 N–H and O–H groups in total. The van der Waals surface area contributed by atoms with E-state index in [1.165, 1.54) is 24.3 Å². The first-order chi connectivity index (χ1) is 8.47. The summed E-state index contributed by atoms with van der Waals surface area (Å²) in [4.78, 5) is 12.0. The lowest BCUT2D eigenvalue weighted by Crippen LogP contribution is -2.04. The van der Waals surface area contributed by atoms with Crippen molar-refractivity contribution < 1.29 is 13.6 Å². The van der Waals surface area contributed by atoms with Crippen molar-refractivity contribution in [2.24, 2.45) is 0 Å². The van der Waals surface area contributed by atoms with Crippen molar-refractivity contribution in [2.75, 3.05) is 11.5 Å². The summed E-state index contributed by atoms with van der Waals surface area (Å²) in [5.74, 6) is -2.54. The van der Waals surface area contributed by atoms with Gasteiger partial charge in [-0.05, 0) is 36.4 Å². The Bertz CT molecular complexity index is 606. The molecule has 0 amide bonds. The molecule has 2 aromatic rings. The van der Waals surface area contributed by atoms with Crippen LogP contribution in [0.2, 0.25) is 0 Å². The van der Waals surface area contributed by atoms with Gasteiger partial charge in [-0.3, -0.25) is 4.79 Å². The van der Waals surface area contributed by atoms with E-state index >= 15 is 0 Å². The predicted octanol–water partition coefficient (Wildman–Crippen LogP) is 2.36. The van der Waals surface area contributed by atoms with Crippen molar-refractivity contribution in [2.45, 2.75) is 0 Å². The summed E-state index contributed by atoms with van der Waals surface area (Å²) >= 11 is 0. The van der Waals surface area contributed by atoms with Crippen LogP contribution in [0.15, 0.2) is 36.4 Å². The van der Waals surface area contributed by atoms with Gasteiger partial charge in [-0.1, -0.05) is 0 Å². The normalized spacial score (nSPS) is 10.3. The molecule has 0 saturated heterocycles. The van der Waals surface area contributed by atoms with Gasteiger partial charge in [0, 0.05) is 22.5 Å². The Labute approximate surface area is 102 Å². The summed E-state index contributed by atoms with van der Waals surface area (Å²) in [7, 11) is 0. The highest BCUT2D eigenvalue weighted by atomic mass is 19.2. The molecule has 18 heavy (non-hydrogen) atoms. The zero-order valence-corrected chi connectivity index (χ0v) is 9.28. The average molecular weight is 248 g/mol. The van der Waals surface area contributed by atoms with Crippen LogP contribution in [0.25, 0.3) is 0 Å². The fourth-order valence-electron chi connectivity index (χ4n) is 1.61. The number of hydrogen-bond donors (Lipinski definition) is 2. The zero-order chi connectivity index (χ0) is 13.3. The molecule has 0 heterocycles. The maximum atomic E-state index is 13.0. The van der Waals surface area contributed by atoms with Crippen molar-refractivity contribution in [3.05, 3.63) is 59.2 Å². The smallest absolute Gasteiger partial charge is 0.193 e. The van der Waals surface area contributed by atoms with Crippen LogP contribution < -0.4 is 11.5 Å². The molecule has 0 saturated carbocycles. The van der Waals surface area contributed by atoms with E-state index in [0.717, 1.165) is 12.1 Å². The number of halogens is 2. The quantitative estimate of drug-likeness (QED) is 0.633. The van der Waals surface area contributed by atoms with Crippen LogP contribution in [0, 0.1) is 11.6 Å². The maximum Gasteiger partial charge on any atom is 0.193 e. The molecule has 0 bridgehead atoms. The second-order valence-corrected chi connectivity index (χ2v) is 3.85. The summed E-state index contributed by atoms with van der Waals surface area (Å²) in [5.41, 5.74) is 12.1. The van der Waals surface area contributed by atoms with Gasteiger partial charge in [-0.2, -0.15) is 0 Å². The van der Waals surface area contributed by atoms with Gasteiger partial charge in [0.15, 0.2) is 17.4 Å². The fraction of sp³-hybridized carbons (Fsp3) is 0. The standard InChI is InChI=1S/C13H10F2N2O/c14-11-2-1-7(5-12(11)15)13(18)8-3-9(16)6-10(17)4-8/h1-6H,16-17H2. The molecule has 3 nitrogen and oxygen atoms in total. The summed E-state index contributed by atoms with van der Waals surface area (Å²) in [6, 6.07) is 7.32. The molecule has 0 radical (unpaired) electrons. The Hall–Kier alpha value is -2.43. The molecule has 0 atom stereocenters. The summed E-state index contributed by atoms with van der Waals surface area (Å²) in [5, 5.41) is 0. The zero-order valence-electron chi connectivity index (χ0n) is 9.28. The van der Waals surface area contributed by atoms with E-state index in [1.54, 1.807) is 0 Å². The number of anilines is 2. The van der Waals surface area contributed by atoms with Gasteiger partial charge in [0.25, 0.3) is 0 Å². The number of nitrogens with two attached hydrogens (primary N) is 2. The molecule has 0 aromatic heterocycles. The van der Waals surface area contributed by atoms with Gasteiger partial charge < -0.3 is 11.5 Å². The topological polar surface area (TPSA) is 69.1 Å². The highest BCUT2D eigenvalue weighted by molar-refractivity contribution is 6.09. The minimum absolute atomic E-state index is 0.0406. The summed E-state index contributed by atoms with van der Waals surface area (Å²) in [6.07, 6.45) is 0. The van der Waals surface area contributed by atoms with Gasteiger partial charge in [-0.25, -0.2) is 8.78 Å². The van der Waals surface area contributed by atoms with E-state index < -0.39 is 17.4 Å². The van der Waals surface area contributed by atoms with E-state index in [1.807, 2.05) is 0 Å². The lowest BCUT2D eigenvalue weighted by atomic mass is 10.0. The Morgan fingerprint density at radius 2 is 1.44 bits per heavy atom. The molecule has 0 unspecified atom stereocenters. The molecule has 2 aromatic carbocycles. The SMILES string of the molecule is Nc1cc(N)cc(C(=O)c2ccc(F)c(F)c2)c1. The Balaban J connectivity index is 2.44. The van der Waals surface area contributed by atoms with Crippen LogP contribution in [0.3, 0.4) is 0 Å². The highest BCUT2D eigenvalue weighted by Crippen LogP contribution is 2.18. The van der Waals surface area contributed by atoms with Crippen LogP contribution in [0.5, 0.6) is 0 Å². The van der Waals surface area contributed by atoms with Crippen molar-refractivity contribution in [3.8, 4) is 0 Å². The van der Waals surface area contributed by atoms with Crippen LogP contribution in [-0.4, -0.2) is 5.78 Å². The lowest BCUT2D eigenvalue weighted by Gasteiger charge is -2.04. The largest absolute Gasteiger partial charge is 0.399 e. The third kappa shape index (κ3) is 2.29. The molecule has 0 aliphatic heterocycles. The van der Waals surface area contributed by atoms with E-state index in [-0.39, 0.29) is 11.1 Å². The molecular weight excluding hydrogens is 238 g/mol. The Morgan fingerprint density at radius 1 is 0.833 bits per heavy atom. The number of carbonyl (C=O) groups excluding carboxylic acids is 1. The van der Waals surface area contributed by atoms with Crippen molar-refractivity contribution in [1.82, 2.24) is 0 Å². The fourth-order valence-corrected chi connectivity index (χ4v) is 1.61. The van der Waals surface area contributed by atoms with E-state index in [0.29, 0.717) is 11.4 Å². The van der Waals surface area contributed by atoms with Gasteiger partial charge in [-0.15, -0.1) is 0 Å². The van der Waals surface area contributed by atoms with E-state index in [2.05, 4.69) is 0 Å². The van der Waals surface area contributed by atoms with Crippen LogP contribution in [0.1, 0.15) is 15.9 Å². The second-order valence-electron chi connectivity index (χ2n) is 3.85. The molecule has 2 rings (SSSR count). The monoisotopic (exact) mass is 248 g/mol. The minimum Gasteiger partial charge on any atom is -0.399 e. The molecule has 0 aliphatic carbocycles.